The Morgan fingerprint density at radius 2 is 2.32 bits per heavy atom. The molecule has 0 spiro atoms. The van der Waals surface area contributed by atoms with Gasteiger partial charge in [0.15, 0.2) is 10.9 Å². The standard InChI is InChI=1S/C10H11N4O6PS/c15-6-7-4(1-18-21(16,17)20-7)19-10(6)14-3-13-5-8(14)11-2-12-9(5)22/h2-4,6-7,10,15H,1H2,(H,16,17)(H,11,12,22)/t4-,6-,7-,10-/m1/s1. The smallest absolute Gasteiger partial charge is 0.386 e. The zero-order valence-corrected chi connectivity index (χ0v) is 12.6. The lowest BCUT2D eigenvalue weighted by Crippen LogP contribution is -2.39. The Hall–Kier alpha value is -1.20. The molecule has 2 aliphatic heterocycles. The van der Waals surface area contributed by atoms with Crippen LogP contribution in [0.15, 0.2) is 12.7 Å². The van der Waals surface area contributed by atoms with Crippen LogP contribution in [0.3, 0.4) is 0 Å². The van der Waals surface area contributed by atoms with E-state index >= 15 is 0 Å². The van der Waals surface area contributed by atoms with Crippen LogP contribution < -0.4 is 0 Å². The van der Waals surface area contributed by atoms with Gasteiger partial charge >= 0.3 is 7.82 Å². The normalized spacial score (nSPS) is 38.3. The third-order valence-corrected chi connectivity index (χ3v) is 4.90. The number of ether oxygens (including phenoxy) is 1. The molecule has 0 aromatic carbocycles. The molecule has 1 unspecified atom stereocenters. The number of aromatic amines is 1. The van der Waals surface area contributed by atoms with Crippen molar-refractivity contribution >= 4 is 31.2 Å². The van der Waals surface area contributed by atoms with Gasteiger partial charge in [-0.1, -0.05) is 12.2 Å². The quantitative estimate of drug-likeness (QED) is 0.491. The van der Waals surface area contributed by atoms with E-state index in [4.69, 9.17) is 26.0 Å². The van der Waals surface area contributed by atoms with Gasteiger partial charge in [-0.2, -0.15) is 0 Å². The van der Waals surface area contributed by atoms with Crippen molar-refractivity contribution in [3.8, 4) is 0 Å². The van der Waals surface area contributed by atoms with Crippen molar-refractivity contribution in [1.82, 2.24) is 19.5 Å². The second kappa shape index (κ2) is 4.90. The number of aliphatic hydroxyl groups is 1. The number of phosphoric acid groups is 1. The molecule has 2 aromatic rings. The minimum Gasteiger partial charge on any atom is -0.386 e. The third-order valence-electron chi connectivity index (χ3n) is 3.62. The highest BCUT2D eigenvalue weighted by molar-refractivity contribution is 7.71. The summed E-state index contributed by atoms with van der Waals surface area (Å²) in [7, 11) is -4.15. The minimum atomic E-state index is -4.15. The van der Waals surface area contributed by atoms with Crippen LogP contribution in [-0.4, -0.2) is 54.4 Å². The first-order chi connectivity index (χ1) is 10.5. The van der Waals surface area contributed by atoms with Gasteiger partial charge in [0.2, 0.25) is 0 Å². The van der Waals surface area contributed by atoms with Gasteiger partial charge in [-0.25, -0.2) is 14.5 Å². The largest absolute Gasteiger partial charge is 0.472 e. The van der Waals surface area contributed by atoms with Crippen LogP contribution in [0.2, 0.25) is 0 Å². The molecule has 22 heavy (non-hydrogen) atoms. The van der Waals surface area contributed by atoms with Crippen LogP contribution in [-0.2, 0) is 18.3 Å². The number of hydrogen-bond acceptors (Lipinski definition) is 8. The van der Waals surface area contributed by atoms with Crippen molar-refractivity contribution in [1.29, 1.82) is 0 Å². The molecule has 4 heterocycles. The average molecular weight is 346 g/mol. The van der Waals surface area contributed by atoms with Gasteiger partial charge in [0.05, 0.1) is 19.3 Å². The van der Waals surface area contributed by atoms with Crippen molar-refractivity contribution < 1.29 is 28.3 Å². The molecular weight excluding hydrogens is 335 g/mol. The van der Waals surface area contributed by atoms with Crippen LogP contribution in [0.25, 0.3) is 11.2 Å². The summed E-state index contributed by atoms with van der Waals surface area (Å²) < 4.78 is 28.6. The molecule has 4 rings (SSSR count). The first kappa shape index (κ1) is 14.4. The van der Waals surface area contributed by atoms with Crippen molar-refractivity contribution in [2.24, 2.45) is 0 Å². The molecule has 0 aliphatic carbocycles. The van der Waals surface area contributed by atoms with Gasteiger partial charge in [-0.3, -0.25) is 13.6 Å². The number of hydrogen-bond donors (Lipinski definition) is 3. The predicted octanol–water partition coefficient (Wildman–Crippen LogP) is 0.263. The Kier molecular flexibility index (Phi) is 3.20. The van der Waals surface area contributed by atoms with E-state index in [9.17, 15) is 14.6 Å². The van der Waals surface area contributed by atoms with E-state index < -0.39 is 32.4 Å². The fraction of sp³-hybridized carbons (Fsp3) is 0.500. The zero-order valence-electron chi connectivity index (χ0n) is 10.9. The number of nitrogens with zero attached hydrogens (tertiary/aromatic N) is 3. The predicted molar refractivity (Wildman–Crippen MR) is 73.3 cm³/mol. The molecule has 5 atom stereocenters. The van der Waals surface area contributed by atoms with Crippen LogP contribution in [0.5, 0.6) is 0 Å². The van der Waals surface area contributed by atoms with E-state index in [0.29, 0.717) is 15.8 Å². The van der Waals surface area contributed by atoms with E-state index in [-0.39, 0.29) is 6.61 Å². The minimum absolute atomic E-state index is 0.143. The molecule has 0 saturated carbocycles. The first-order valence-corrected chi connectivity index (χ1v) is 8.26. The highest BCUT2D eigenvalue weighted by Crippen LogP contribution is 2.52. The van der Waals surface area contributed by atoms with Crippen LogP contribution in [0, 0.1) is 4.64 Å². The summed E-state index contributed by atoms with van der Waals surface area (Å²) in [5.74, 6) is 0. The van der Waals surface area contributed by atoms with Crippen molar-refractivity contribution in [2.75, 3.05) is 6.61 Å². The van der Waals surface area contributed by atoms with E-state index in [1.165, 1.54) is 12.7 Å². The fourth-order valence-corrected chi connectivity index (χ4v) is 3.80. The monoisotopic (exact) mass is 346 g/mol. The van der Waals surface area contributed by atoms with Gasteiger partial charge in [0.1, 0.15) is 29.5 Å². The SMILES string of the molecule is O=P1(O)OC[C@H]2O[C@@H](n3cnc4c(=S)nc[nH]c43)[C@H](O)[C@@H]2O1. The lowest BCUT2D eigenvalue weighted by atomic mass is 10.1. The first-order valence-electron chi connectivity index (χ1n) is 6.36. The molecular formula is C10H11N4O6PS. The molecule has 3 N–H and O–H groups in total. The Labute approximate surface area is 128 Å². The summed E-state index contributed by atoms with van der Waals surface area (Å²) in [5, 5.41) is 10.4. The number of rotatable bonds is 1. The average Bonchev–Trinajstić information content (AvgIpc) is 3.01. The fourth-order valence-electron chi connectivity index (χ4n) is 2.63. The number of nitrogens with one attached hydrogen (secondary N) is 1. The van der Waals surface area contributed by atoms with Gasteiger partial charge in [0, 0.05) is 0 Å². The van der Waals surface area contributed by atoms with Crippen molar-refractivity contribution in [3.05, 3.63) is 17.3 Å². The zero-order chi connectivity index (χ0) is 15.5. The number of H-pyrrole nitrogens is 1. The summed E-state index contributed by atoms with van der Waals surface area (Å²) in [6, 6.07) is 0. The van der Waals surface area contributed by atoms with E-state index in [1.54, 1.807) is 4.57 Å². The number of aliphatic hydroxyl groups excluding tert-OH is 1. The van der Waals surface area contributed by atoms with Crippen LogP contribution >= 0.6 is 20.0 Å². The van der Waals surface area contributed by atoms with E-state index in [0.717, 1.165) is 0 Å². The Morgan fingerprint density at radius 1 is 1.50 bits per heavy atom. The summed E-state index contributed by atoms with van der Waals surface area (Å²) >= 11 is 5.08. The Bertz CT molecular complexity index is 838. The summed E-state index contributed by atoms with van der Waals surface area (Å²) in [6.45, 7) is -0.143. The van der Waals surface area contributed by atoms with Crippen LogP contribution in [0.1, 0.15) is 6.23 Å². The molecule has 0 amide bonds. The van der Waals surface area contributed by atoms with Gasteiger partial charge in [0.25, 0.3) is 0 Å². The molecule has 0 bridgehead atoms. The number of phosphoric ester groups is 1. The molecule has 12 heteroatoms. The molecule has 2 saturated heterocycles. The lowest BCUT2D eigenvalue weighted by molar-refractivity contribution is -0.0664. The van der Waals surface area contributed by atoms with Gasteiger partial charge < -0.3 is 19.7 Å². The van der Waals surface area contributed by atoms with E-state index in [1.807, 2.05) is 0 Å². The van der Waals surface area contributed by atoms with Crippen LogP contribution in [0.4, 0.5) is 0 Å². The number of aromatic nitrogens is 4. The molecule has 2 aromatic heterocycles. The summed E-state index contributed by atoms with van der Waals surface area (Å²) in [6.07, 6.45) is -0.771. The highest BCUT2D eigenvalue weighted by Gasteiger charge is 2.52. The maximum Gasteiger partial charge on any atom is 0.472 e. The van der Waals surface area contributed by atoms with E-state index in [2.05, 4.69) is 15.0 Å². The Morgan fingerprint density at radius 3 is 3.14 bits per heavy atom. The van der Waals surface area contributed by atoms with Crippen molar-refractivity contribution in [3.63, 3.8) is 0 Å². The number of fused-ring (bicyclic) bond motifs is 2. The Balaban J connectivity index is 1.73. The summed E-state index contributed by atoms with van der Waals surface area (Å²) in [4.78, 5) is 20.3. The topological polar surface area (TPSA) is 132 Å². The molecule has 0 radical (unpaired) electrons. The molecule has 2 aliphatic rings. The molecule has 118 valence electrons. The number of imidazole rings is 1. The van der Waals surface area contributed by atoms with Gasteiger partial charge in [-0.05, 0) is 0 Å². The summed E-state index contributed by atoms with van der Waals surface area (Å²) in [5.41, 5.74) is 0.990. The second-order valence-corrected chi connectivity index (χ2v) is 6.74. The lowest BCUT2D eigenvalue weighted by Gasteiger charge is -2.27. The van der Waals surface area contributed by atoms with Crippen molar-refractivity contribution in [2.45, 2.75) is 24.5 Å². The van der Waals surface area contributed by atoms with Gasteiger partial charge in [-0.15, -0.1) is 0 Å². The molecule has 2 fully saturated rings. The maximum absolute atomic E-state index is 11.5. The molecule has 10 nitrogen and oxygen atoms in total. The second-order valence-electron chi connectivity index (χ2n) is 4.95. The third kappa shape index (κ3) is 2.14. The highest BCUT2D eigenvalue weighted by atomic mass is 32.1. The maximum atomic E-state index is 11.5.